The van der Waals surface area contributed by atoms with Crippen molar-refractivity contribution in [3.8, 4) is 0 Å². The van der Waals surface area contributed by atoms with E-state index in [4.69, 9.17) is 5.73 Å². The molecule has 0 aliphatic heterocycles. The number of H-pyrrole nitrogens is 1. The van der Waals surface area contributed by atoms with E-state index in [0.29, 0.717) is 25.3 Å². The van der Waals surface area contributed by atoms with Crippen molar-refractivity contribution < 1.29 is 4.79 Å². The van der Waals surface area contributed by atoms with Gasteiger partial charge in [-0.1, -0.05) is 26.0 Å². The topological polar surface area (TPSA) is 83.8 Å². The van der Waals surface area contributed by atoms with Crippen molar-refractivity contribution >= 4 is 16.9 Å². The van der Waals surface area contributed by atoms with Crippen LogP contribution in [-0.2, 0) is 11.2 Å². The Kier molecular flexibility index (Phi) is 5.55. The number of aryl methyl sites for hydroxylation is 2. The molecule has 0 bridgehead atoms. The molecule has 0 aliphatic rings. The van der Waals surface area contributed by atoms with Crippen molar-refractivity contribution in [2.24, 2.45) is 11.7 Å². The van der Waals surface area contributed by atoms with Crippen molar-refractivity contribution in [1.82, 2.24) is 15.3 Å². The standard InChI is InChI=1S/C17H26N4O/c1-11(2)9-13(10-18)19-16(22)8-7-15-20-14-6-4-5-12(3)17(14)21-15/h4-6,11,13H,7-10,18H2,1-3H3,(H,19,22)(H,20,21). The molecule has 120 valence electrons. The minimum Gasteiger partial charge on any atom is -0.352 e. The number of carbonyl (C=O) groups excluding carboxylic acids is 1. The molecule has 2 aromatic rings. The molecule has 0 spiro atoms. The lowest BCUT2D eigenvalue weighted by atomic mass is 10.0. The van der Waals surface area contributed by atoms with Gasteiger partial charge in [-0.15, -0.1) is 0 Å². The molecule has 1 atom stereocenters. The number of aromatic amines is 1. The van der Waals surface area contributed by atoms with Crippen LogP contribution in [0.1, 0.15) is 38.1 Å². The number of benzene rings is 1. The van der Waals surface area contributed by atoms with Crippen molar-refractivity contribution in [3.63, 3.8) is 0 Å². The summed E-state index contributed by atoms with van der Waals surface area (Å²) in [5.41, 5.74) is 8.86. The molecule has 1 amide bonds. The summed E-state index contributed by atoms with van der Waals surface area (Å²) in [7, 11) is 0. The Hall–Kier alpha value is -1.88. The van der Waals surface area contributed by atoms with Gasteiger partial charge in [0.15, 0.2) is 0 Å². The minimum absolute atomic E-state index is 0.0354. The lowest BCUT2D eigenvalue weighted by Gasteiger charge is -2.18. The van der Waals surface area contributed by atoms with E-state index < -0.39 is 0 Å². The molecular formula is C17H26N4O. The molecule has 1 aromatic heterocycles. The summed E-state index contributed by atoms with van der Waals surface area (Å²) in [6, 6.07) is 6.11. The Bertz CT molecular complexity index is 633. The number of hydrogen-bond donors (Lipinski definition) is 3. The highest BCUT2D eigenvalue weighted by Gasteiger charge is 2.13. The van der Waals surface area contributed by atoms with Gasteiger partial charge in [0.1, 0.15) is 5.82 Å². The predicted molar refractivity (Wildman–Crippen MR) is 89.6 cm³/mol. The summed E-state index contributed by atoms with van der Waals surface area (Å²) in [5, 5.41) is 3.01. The third-order valence-corrected chi connectivity index (χ3v) is 3.76. The fourth-order valence-corrected chi connectivity index (χ4v) is 2.66. The van der Waals surface area contributed by atoms with Gasteiger partial charge in [-0.05, 0) is 30.9 Å². The van der Waals surface area contributed by atoms with Gasteiger partial charge in [0.25, 0.3) is 0 Å². The van der Waals surface area contributed by atoms with Crippen LogP contribution >= 0.6 is 0 Å². The van der Waals surface area contributed by atoms with Crippen LogP contribution in [0.2, 0.25) is 0 Å². The van der Waals surface area contributed by atoms with E-state index in [1.807, 2.05) is 25.1 Å². The molecule has 0 saturated heterocycles. The Morgan fingerprint density at radius 2 is 2.18 bits per heavy atom. The second kappa shape index (κ2) is 7.40. The number of para-hydroxylation sites is 1. The molecule has 1 unspecified atom stereocenters. The van der Waals surface area contributed by atoms with Gasteiger partial charge in [0.05, 0.1) is 11.0 Å². The zero-order valence-electron chi connectivity index (χ0n) is 13.6. The van der Waals surface area contributed by atoms with Gasteiger partial charge in [-0.25, -0.2) is 4.98 Å². The SMILES string of the molecule is Cc1cccc2[nH]c(CCC(=O)NC(CN)CC(C)C)nc12. The number of imidazole rings is 1. The van der Waals surface area contributed by atoms with Crippen LogP contribution in [0.5, 0.6) is 0 Å². The van der Waals surface area contributed by atoms with Crippen LogP contribution < -0.4 is 11.1 Å². The summed E-state index contributed by atoms with van der Waals surface area (Å²) in [6.45, 7) is 6.78. The number of nitrogens with one attached hydrogen (secondary N) is 2. The van der Waals surface area contributed by atoms with E-state index in [2.05, 4.69) is 29.1 Å². The number of carbonyl (C=O) groups is 1. The van der Waals surface area contributed by atoms with E-state index in [0.717, 1.165) is 28.8 Å². The number of hydrogen-bond acceptors (Lipinski definition) is 3. The minimum atomic E-state index is 0.0354. The number of nitrogens with two attached hydrogens (primary N) is 1. The Morgan fingerprint density at radius 3 is 2.82 bits per heavy atom. The van der Waals surface area contributed by atoms with Gasteiger partial charge < -0.3 is 16.0 Å². The molecule has 5 nitrogen and oxygen atoms in total. The first-order chi connectivity index (χ1) is 10.5. The molecule has 1 aromatic carbocycles. The van der Waals surface area contributed by atoms with Gasteiger partial charge in [-0.3, -0.25) is 4.79 Å². The largest absolute Gasteiger partial charge is 0.352 e. The molecule has 0 aliphatic carbocycles. The maximum absolute atomic E-state index is 12.0. The molecule has 0 radical (unpaired) electrons. The van der Waals surface area contributed by atoms with Crippen molar-refractivity contribution in [2.75, 3.05) is 6.54 Å². The predicted octanol–water partition coefficient (Wildman–Crippen LogP) is 2.29. The second-order valence-corrected chi connectivity index (χ2v) is 6.28. The van der Waals surface area contributed by atoms with E-state index in [-0.39, 0.29) is 11.9 Å². The third kappa shape index (κ3) is 4.31. The highest BCUT2D eigenvalue weighted by Crippen LogP contribution is 2.16. The fourth-order valence-electron chi connectivity index (χ4n) is 2.66. The van der Waals surface area contributed by atoms with Crippen molar-refractivity contribution in [1.29, 1.82) is 0 Å². The molecule has 2 rings (SSSR count). The average molecular weight is 302 g/mol. The molecular weight excluding hydrogens is 276 g/mol. The van der Waals surface area contributed by atoms with Gasteiger partial charge in [0, 0.05) is 25.4 Å². The molecule has 4 N–H and O–H groups in total. The maximum Gasteiger partial charge on any atom is 0.220 e. The Labute approximate surface area is 131 Å². The monoisotopic (exact) mass is 302 g/mol. The molecule has 0 fully saturated rings. The van der Waals surface area contributed by atoms with Crippen molar-refractivity contribution in [3.05, 3.63) is 29.6 Å². The number of amides is 1. The fraction of sp³-hybridized carbons (Fsp3) is 0.529. The summed E-state index contributed by atoms with van der Waals surface area (Å²) >= 11 is 0. The average Bonchev–Trinajstić information content (AvgIpc) is 2.88. The number of aromatic nitrogens is 2. The molecule has 22 heavy (non-hydrogen) atoms. The molecule has 1 heterocycles. The maximum atomic E-state index is 12.0. The lowest BCUT2D eigenvalue weighted by Crippen LogP contribution is -2.41. The number of rotatable bonds is 7. The zero-order chi connectivity index (χ0) is 16.1. The van der Waals surface area contributed by atoms with Crippen LogP contribution in [0.25, 0.3) is 11.0 Å². The highest BCUT2D eigenvalue weighted by atomic mass is 16.1. The van der Waals surface area contributed by atoms with Crippen LogP contribution in [0.3, 0.4) is 0 Å². The number of nitrogens with zero attached hydrogens (tertiary/aromatic N) is 1. The third-order valence-electron chi connectivity index (χ3n) is 3.76. The normalized spacial score (nSPS) is 12.8. The Morgan fingerprint density at radius 1 is 1.41 bits per heavy atom. The van der Waals surface area contributed by atoms with Crippen LogP contribution in [0, 0.1) is 12.8 Å². The summed E-state index contributed by atoms with van der Waals surface area (Å²) in [5.74, 6) is 1.41. The van der Waals surface area contributed by atoms with E-state index in [9.17, 15) is 4.79 Å². The van der Waals surface area contributed by atoms with Crippen LogP contribution in [-0.4, -0.2) is 28.5 Å². The summed E-state index contributed by atoms with van der Waals surface area (Å²) in [6.07, 6.45) is 1.94. The van der Waals surface area contributed by atoms with Crippen LogP contribution in [0.15, 0.2) is 18.2 Å². The van der Waals surface area contributed by atoms with Gasteiger partial charge >= 0.3 is 0 Å². The summed E-state index contributed by atoms with van der Waals surface area (Å²) in [4.78, 5) is 19.9. The zero-order valence-corrected chi connectivity index (χ0v) is 13.6. The quantitative estimate of drug-likeness (QED) is 0.733. The molecule has 5 heteroatoms. The first kappa shape index (κ1) is 16.5. The smallest absolute Gasteiger partial charge is 0.220 e. The first-order valence-electron chi connectivity index (χ1n) is 7.93. The van der Waals surface area contributed by atoms with Crippen molar-refractivity contribution in [2.45, 2.75) is 46.1 Å². The first-order valence-corrected chi connectivity index (χ1v) is 7.93. The van der Waals surface area contributed by atoms with Gasteiger partial charge in [-0.2, -0.15) is 0 Å². The second-order valence-electron chi connectivity index (χ2n) is 6.28. The molecule has 0 saturated carbocycles. The van der Waals surface area contributed by atoms with E-state index >= 15 is 0 Å². The Balaban J connectivity index is 1.91. The lowest BCUT2D eigenvalue weighted by molar-refractivity contribution is -0.121. The number of fused-ring (bicyclic) bond motifs is 1. The van der Waals surface area contributed by atoms with Crippen LogP contribution in [0.4, 0.5) is 0 Å². The van der Waals surface area contributed by atoms with E-state index in [1.165, 1.54) is 0 Å². The summed E-state index contributed by atoms with van der Waals surface area (Å²) < 4.78 is 0. The van der Waals surface area contributed by atoms with E-state index in [1.54, 1.807) is 0 Å². The van der Waals surface area contributed by atoms with Gasteiger partial charge in [0.2, 0.25) is 5.91 Å². The highest BCUT2D eigenvalue weighted by molar-refractivity contribution is 5.79.